The van der Waals surface area contributed by atoms with Crippen LogP contribution >= 0.6 is 11.3 Å². The first-order valence-corrected chi connectivity index (χ1v) is 8.27. The number of nitrogens with zero attached hydrogens (tertiary/aromatic N) is 2. The van der Waals surface area contributed by atoms with E-state index in [4.69, 9.17) is 4.74 Å². The highest BCUT2D eigenvalue weighted by Gasteiger charge is 2.40. The summed E-state index contributed by atoms with van der Waals surface area (Å²) in [5, 5.41) is 10.5. The normalized spacial score (nSPS) is 23.7. The molecule has 2 heterocycles. The van der Waals surface area contributed by atoms with E-state index >= 15 is 0 Å². The summed E-state index contributed by atoms with van der Waals surface area (Å²) in [5.74, 6) is -1.20. The molecule has 1 saturated heterocycles. The Kier molecular flexibility index (Phi) is 5.35. The van der Waals surface area contributed by atoms with Crippen LogP contribution in [0.5, 0.6) is 0 Å². The van der Waals surface area contributed by atoms with Gasteiger partial charge in [0.15, 0.2) is 0 Å². The molecule has 0 saturated carbocycles. The third-order valence-electron chi connectivity index (χ3n) is 4.09. The van der Waals surface area contributed by atoms with E-state index in [1.54, 1.807) is 11.3 Å². The monoisotopic (exact) mass is 312 g/mol. The van der Waals surface area contributed by atoms with Crippen LogP contribution in [0.1, 0.15) is 41.9 Å². The van der Waals surface area contributed by atoms with E-state index in [0.717, 1.165) is 23.7 Å². The number of aromatic nitrogens is 1. The van der Waals surface area contributed by atoms with Crippen molar-refractivity contribution in [2.75, 3.05) is 19.8 Å². The number of aryl methyl sites for hydroxylation is 2. The molecule has 3 unspecified atom stereocenters. The highest BCUT2D eigenvalue weighted by molar-refractivity contribution is 7.11. The minimum absolute atomic E-state index is 0.0562. The van der Waals surface area contributed by atoms with E-state index in [0.29, 0.717) is 13.2 Å². The van der Waals surface area contributed by atoms with Crippen LogP contribution in [0.3, 0.4) is 0 Å². The van der Waals surface area contributed by atoms with Gasteiger partial charge in [-0.3, -0.25) is 9.69 Å². The number of rotatable bonds is 6. The Morgan fingerprint density at radius 2 is 2.24 bits per heavy atom. The molecule has 6 heteroatoms. The van der Waals surface area contributed by atoms with E-state index in [2.05, 4.69) is 23.7 Å². The average Bonchev–Trinajstić information content (AvgIpc) is 3.01. The zero-order chi connectivity index (χ0) is 15.6. The van der Waals surface area contributed by atoms with Gasteiger partial charge in [0.05, 0.1) is 29.8 Å². The van der Waals surface area contributed by atoms with E-state index in [1.807, 2.05) is 13.8 Å². The average molecular weight is 312 g/mol. The van der Waals surface area contributed by atoms with Crippen molar-refractivity contribution in [3.05, 3.63) is 15.6 Å². The van der Waals surface area contributed by atoms with Gasteiger partial charge in [-0.15, -0.1) is 11.3 Å². The first-order chi connectivity index (χ1) is 9.95. The summed E-state index contributed by atoms with van der Waals surface area (Å²) in [5.41, 5.74) is 1.05. The number of aliphatic carboxylic acids is 1. The summed E-state index contributed by atoms with van der Waals surface area (Å²) < 4.78 is 5.45. The molecule has 0 radical (unpaired) electrons. The zero-order valence-corrected chi connectivity index (χ0v) is 13.9. The number of carbonyl (C=O) groups is 1. The van der Waals surface area contributed by atoms with Crippen LogP contribution in [0, 0.1) is 19.8 Å². The lowest BCUT2D eigenvalue weighted by atomic mass is 9.99. The molecule has 1 aromatic heterocycles. The molecule has 1 aliphatic heterocycles. The number of carboxylic acid groups (broad SMARTS) is 1. The molecule has 118 valence electrons. The summed E-state index contributed by atoms with van der Waals surface area (Å²) in [6.07, 6.45) is 0.990. The summed E-state index contributed by atoms with van der Waals surface area (Å²) in [4.78, 5) is 19.5. The van der Waals surface area contributed by atoms with Gasteiger partial charge in [-0.1, -0.05) is 6.92 Å². The fourth-order valence-electron chi connectivity index (χ4n) is 3.10. The number of thiazole rings is 1. The lowest BCUT2D eigenvalue weighted by Gasteiger charge is -2.35. The van der Waals surface area contributed by atoms with Crippen molar-refractivity contribution in [2.24, 2.45) is 5.92 Å². The highest BCUT2D eigenvalue weighted by Crippen LogP contribution is 2.33. The van der Waals surface area contributed by atoms with Crippen molar-refractivity contribution in [1.82, 2.24) is 9.88 Å². The van der Waals surface area contributed by atoms with Crippen LogP contribution < -0.4 is 0 Å². The minimum Gasteiger partial charge on any atom is -0.481 e. The molecule has 2 rings (SSSR count). The van der Waals surface area contributed by atoms with Gasteiger partial charge in [0.2, 0.25) is 0 Å². The molecule has 0 aliphatic carbocycles. The van der Waals surface area contributed by atoms with Crippen molar-refractivity contribution < 1.29 is 14.6 Å². The van der Waals surface area contributed by atoms with Crippen molar-refractivity contribution in [3.63, 3.8) is 0 Å². The third kappa shape index (κ3) is 3.44. The minimum atomic E-state index is -0.761. The van der Waals surface area contributed by atoms with Gasteiger partial charge in [-0.25, -0.2) is 4.98 Å². The Labute approximate surface area is 129 Å². The predicted molar refractivity (Wildman–Crippen MR) is 82.7 cm³/mol. The molecule has 5 nitrogen and oxygen atoms in total. The number of hydrogen-bond acceptors (Lipinski definition) is 5. The molecule has 0 aromatic carbocycles. The maximum Gasteiger partial charge on any atom is 0.310 e. The van der Waals surface area contributed by atoms with Crippen LogP contribution in [-0.4, -0.2) is 46.8 Å². The van der Waals surface area contributed by atoms with Crippen LogP contribution in [-0.2, 0) is 9.53 Å². The first-order valence-electron chi connectivity index (χ1n) is 7.45. The molecule has 1 aromatic rings. The van der Waals surface area contributed by atoms with Crippen LogP contribution in [0.25, 0.3) is 0 Å². The SMILES string of the molecule is CCCN(C(C)c1sc(C)nc1C)C1COCC1C(=O)O. The molecule has 3 atom stereocenters. The Morgan fingerprint density at radius 3 is 2.76 bits per heavy atom. The lowest BCUT2D eigenvalue weighted by molar-refractivity contribution is -0.143. The second kappa shape index (κ2) is 6.85. The van der Waals surface area contributed by atoms with Gasteiger partial charge in [0.25, 0.3) is 0 Å². The topological polar surface area (TPSA) is 62.7 Å². The van der Waals surface area contributed by atoms with Gasteiger partial charge in [-0.2, -0.15) is 0 Å². The number of hydrogen-bond donors (Lipinski definition) is 1. The summed E-state index contributed by atoms with van der Waals surface area (Å²) in [6, 6.07) is 0.115. The zero-order valence-electron chi connectivity index (χ0n) is 13.1. The fourth-order valence-corrected chi connectivity index (χ4v) is 4.10. The fraction of sp³-hybridized carbons (Fsp3) is 0.733. The third-order valence-corrected chi connectivity index (χ3v) is 5.33. The maximum absolute atomic E-state index is 11.4. The quantitative estimate of drug-likeness (QED) is 0.875. The van der Waals surface area contributed by atoms with Gasteiger partial charge in [-0.05, 0) is 33.7 Å². The first kappa shape index (κ1) is 16.4. The van der Waals surface area contributed by atoms with E-state index in [1.165, 1.54) is 4.88 Å². The Hall–Kier alpha value is -0.980. The highest BCUT2D eigenvalue weighted by atomic mass is 32.1. The van der Waals surface area contributed by atoms with E-state index < -0.39 is 11.9 Å². The molecular formula is C15H24N2O3S. The lowest BCUT2D eigenvalue weighted by Crippen LogP contribution is -2.44. The largest absolute Gasteiger partial charge is 0.481 e. The molecule has 21 heavy (non-hydrogen) atoms. The molecular weight excluding hydrogens is 288 g/mol. The van der Waals surface area contributed by atoms with Crippen LogP contribution in [0.15, 0.2) is 0 Å². The van der Waals surface area contributed by atoms with Crippen molar-refractivity contribution in [1.29, 1.82) is 0 Å². The Balaban J connectivity index is 2.25. The predicted octanol–water partition coefficient (Wildman–Crippen LogP) is 2.63. The molecule has 1 fully saturated rings. The maximum atomic E-state index is 11.4. The summed E-state index contributed by atoms with van der Waals surface area (Å²) >= 11 is 1.70. The second-order valence-electron chi connectivity index (χ2n) is 5.65. The smallest absolute Gasteiger partial charge is 0.310 e. The Morgan fingerprint density at radius 1 is 1.52 bits per heavy atom. The second-order valence-corrected chi connectivity index (χ2v) is 6.88. The van der Waals surface area contributed by atoms with Crippen molar-refractivity contribution >= 4 is 17.3 Å². The van der Waals surface area contributed by atoms with Crippen LogP contribution in [0.2, 0.25) is 0 Å². The molecule has 0 bridgehead atoms. The summed E-state index contributed by atoms with van der Waals surface area (Å²) in [6.45, 7) is 9.99. The number of carboxylic acids is 1. The summed E-state index contributed by atoms with van der Waals surface area (Å²) in [7, 11) is 0. The molecule has 0 amide bonds. The van der Waals surface area contributed by atoms with E-state index in [-0.39, 0.29) is 12.1 Å². The standard InChI is InChI=1S/C15H24N2O3S/c1-5-6-17(13-8-20-7-12(13)15(18)19)10(3)14-9(2)16-11(4)21-14/h10,12-13H,5-8H2,1-4H3,(H,18,19). The number of ether oxygens (including phenoxy) is 1. The Bertz CT molecular complexity index is 503. The van der Waals surface area contributed by atoms with Gasteiger partial charge < -0.3 is 9.84 Å². The van der Waals surface area contributed by atoms with Gasteiger partial charge in [0.1, 0.15) is 0 Å². The van der Waals surface area contributed by atoms with Gasteiger partial charge >= 0.3 is 5.97 Å². The molecule has 0 spiro atoms. The van der Waals surface area contributed by atoms with Crippen LogP contribution in [0.4, 0.5) is 0 Å². The van der Waals surface area contributed by atoms with Crippen molar-refractivity contribution in [3.8, 4) is 0 Å². The van der Waals surface area contributed by atoms with Gasteiger partial charge in [0, 0.05) is 17.0 Å². The van der Waals surface area contributed by atoms with Crippen molar-refractivity contribution in [2.45, 2.75) is 46.2 Å². The van der Waals surface area contributed by atoms with E-state index in [9.17, 15) is 9.90 Å². The molecule has 1 N–H and O–H groups in total. The molecule has 1 aliphatic rings.